The lowest BCUT2D eigenvalue weighted by Gasteiger charge is -2.16. The lowest BCUT2D eigenvalue weighted by Crippen LogP contribution is -2.29. The Morgan fingerprint density at radius 1 is 1.14 bits per heavy atom. The van der Waals surface area contributed by atoms with Gasteiger partial charge in [0.2, 0.25) is 0 Å². The van der Waals surface area contributed by atoms with Crippen LogP contribution in [0.5, 0.6) is 0 Å². The van der Waals surface area contributed by atoms with Gasteiger partial charge in [0, 0.05) is 43.8 Å². The number of hydrogen-bond donors (Lipinski definition) is 1. The van der Waals surface area contributed by atoms with Crippen molar-refractivity contribution < 1.29 is 9.90 Å². The summed E-state index contributed by atoms with van der Waals surface area (Å²) in [5.41, 5.74) is 4.18. The van der Waals surface area contributed by atoms with E-state index in [2.05, 4.69) is 21.1 Å². The number of para-hydroxylation sites is 1. The summed E-state index contributed by atoms with van der Waals surface area (Å²) in [7, 11) is 1.83. The van der Waals surface area contributed by atoms with E-state index in [1.54, 1.807) is 28.2 Å². The molecule has 7 nitrogen and oxygen atoms in total. The van der Waals surface area contributed by atoms with Crippen LogP contribution in [0.1, 0.15) is 15.9 Å². The maximum Gasteiger partial charge on any atom is 0.255 e. The number of aliphatic hydroxyl groups excluding tert-OH is 1. The van der Waals surface area contributed by atoms with Crippen LogP contribution in [0.3, 0.4) is 0 Å². The van der Waals surface area contributed by atoms with Crippen LogP contribution in [0.2, 0.25) is 0 Å². The average molecular weight is 387 g/mol. The summed E-state index contributed by atoms with van der Waals surface area (Å²) >= 11 is 0. The van der Waals surface area contributed by atoms with E-state index in [1.165, 1.54) is 0 Å². The molecule has 0 bridgehead atoms. The van der Waals surface area contributed by atoms with Crippen molar-refractivity contribution >= 4 is 27.8 Å². The van der Waals surface area contributed by atoms with Crippen molar-refractivity contribution in [3.63, 3.8) is 0 Å². The highest BCUT2D eigenvalue weighted by Crippen LogP contribution is 2.26. The highest BCUT2D eigenvalue weighted by molar-refractivity contribution is 5.96. The van der Waals surface area contributed by atoms with Gasteiger partial charge in [0.15, 0.2) is 0 Å². The number of aliphatic hydroxyl groups is 1. The number of carbonyl (C=O) groups is 1. The monoisotopic (exact) mass is 387 g/mol. The second kappa shape index (κ2) is 6.93. The first-order chi connectivity index (χ1) is 14.1. The summed E-state index contributed by atoms with van der Waals surface area (Å²) in [5, 5.41) is 15.9. The molecule has 0 unspecified atom stereocenters. The summed E-state index contributed by atoms with van der Waals surface area (Å²) in [6.07, 6.45) is 5.21. The molecule has 4 heterocycles. The van der Waals surface area contributed by atoms with E-state index in [-0.39, 0.29) is 11.8 Å². The SMILES string of the molecule is Cn1ncc2ncc(C(=O)N3C[C@@H](Cc4ccnc5ccccc45)[C@H](O)C3)cc21. The zero-order valence-electron chi connectivity index (χ0n) is 16.1. The van der Waals surface area contributed by atoms with Crippen molar-refractivity contribution in [2.24, 2.45) is 13.0 Å². The van der Waals surface area contributed by atoms with E-state index in [9.17, 15) is 9.90 Å². The van der Waals surface area contributed by atoms with Gasteiger partial charge < -0.3 is 10.0 Å². The number of amides is 1. The van der Waals surface area contributed by atoms with Crippen molar-refractivity contribution in [1.82, 2.24) is 24.6 Å². The molecule has 4 aromatic rings. The first kappa shape index (κ1) is 17.8. The van der Waals surface area contributed by atoms with E-state index >= 15 is 0 Å². The predicted molar refractivity (Wildman–Crippen MR) is 109 cm³/mol. The Kier molecular flexibility index (Phi) is 4.24. The van der Waals surface area contributed by atoms with Gasteiger partial charge in [-0.25, -0.2) is 0 Å². The molecular formula is C22H21N5O2. The molecule has 5 rings (SSSR count). The Balaban J connectivity index is 1.37. The van der Waals surface area contributed by atoms with Gasteiger partial charge in [0.05, 0.1) is 28.9 Å². The molecule has 1 saturated heterocycles. The molecular weight excluding hydrogens is 366 g/mol. The third-order valence-electron chi connectivity index (χ3n) is 5.76. The lowest BCUT2D eigenvalue weighted by molar-refractivity contribution is 0.0764. The molecule has 0 radical (unpaired) electrons. The third kappa shape index (κ3) is 3.13. The fraction of sp³-hybridized carbons (Fsp3) is 0.273. The first-order valence-corrected chi connectivity index (χ1v) is 9.68. The van der Waals surface area contributed by atoms with Gasteiger partial charge in [0.1, 0.15) is 5.52 Å². The number of fused-ring (bicyclic) bond motifs is 2. The van der Waals surface area contributed by atoms with Crippen molar-refractivity contribution in [2.75, 3.05) is 13.1 Å². The average Bonchev–Trinajstić information content (AvgIpc) is 3.30. The van der Waals surface area contributed by atoms with E-state index in [4.69, 9.17) is 0 Å². The van der Waals surface area contributed by atoms with Gasteiger partial charge >= 0.3 is 0 Å². The molecule has 1 fully saturated rings. The van der Waals surface area contributed by atoms with Crippen molar-refractivity contribution in [2.45, 2.75) is 12.5 Å². The summed E-state index contributed by atoms with van der Waals surface area (Å²) in [4.78, 5) is 23.5. The molecule has 1 N–H and O–H groups in total. The highest BCUT2D eigenvalue weighted by atomic mass is 16.3. The molecule has 1 amide bonds. The van der Waals surface area contributed by atoms with Gasteiger partial charge in [-0.2, -0.15) is 5.10 Å². The van der Waals surface area contributed by atoms with Gasteiger partial charge in [0.25, 0.3) is 5.91 Å². The molecule has 146 valence electrons. The minimum Gasteiger partial charge on any atom is -0.391 e. The van der Waals surface area contributed by atoms with Crippen LogP contribution in [0.15, 0.2) is 55.0 Å². The molecule has 1 aromatic carbocycles. The molecule has 7 heteroatoms. The fourth-order valence-corrected chi connectivity index (χ4v) is 4.16. The molecule has 0 aliphatic carbocycles. The largest absolute Gasteiger partial charge is 0.391 e. The quantitative estimate of drug-likeness (QED) is 0.583. The van der Waals surface area contributed by atoms with Gasteiger partial charge in [-0.3, -0.25) is 19.4 Å². The smallest absolute Gasteiger partial charge is 0.255 e. The molecule has 29 heavy (non-hydrogen) atoms. The number of carbonyl (C=O) groups excluding carboxylic acids is 1. The fourth-order valence-electron chi connectivity index (χ4n) is 4.16. The number of benzene rings is 1. The van der Waals surface area contributed by atoms with Crippen LogP contribution >= 0.6 is 0 Å². The molecule has 0 spiro atoms. The van der Waals surface area contributed by atoms with Crippen molar-refractivity contribution in [3.05, 3.63) is 66.1 Å². The van der Waals surface area contributed by atoms with Crippen LogP contribution in [0, 0.1) is 5.92 Å². The highest BCUT2D eigenvalue weighted by Gasteiger charge is 2.34. The van der Waals surface area contributed by atoms with Crippen LogP contribution in [-0.4, -0.2) is 54.9 Å². The summed E-state index contributed by atoms with van der Waals surface area (Å²) in [6, 6.07) is 11.8. The zero-order chi connectivity index (χ0) is 20.0. The van der Waals surface area contributed by atoms with E-state index in [0.717, 1.165) is 27.5 Å². The van der Waals surface area contributed by atoms with Crippen LogP contribution in [-0.2, 0) is 13.5 Å². The topological polar surface area (TPSA) is 84.1 Å². The minimum absolute atomic E-state index is 0.0156. The Hall–Kier alpha value is -3.32. The number of aryl methyl sites for hydroxylation is 1. The second-order valence-electron chi connectivity index (χ2n) is 7.63. The Morgan fingerprint density at radius 3 is 2.90 bits per heavy atom. The first-order valence-electron chi connectivity index (χ1n) is 9.68. The van der Waals surface area contributed by atoms with Gasteiger partial charge in [-0.15, -0.1) is 0 Å². The number of hydrogen-bond acceptors (Lipinski definition) is 5. The van der Waals surface area contributed by atoms with Crippen LogP contribution in [0.4, 0.5) is 0 Å². The van der Waals surface area contributed by atoms with Crippen LogP contribution < -0.4 is 0 Å². The number of rotatable bonds is 3. The lowest BCUT2D eigenvalue weighted by atomic mass is 9.94. The van der Waals surface area contributed by atoms with Crippen molar-refractivity contribution in [1.29, 1.82) is 0 Å². The molecule has 0 saturated carbocycles. The third-order valence-corrected chi connectivity index (χ3v) is 5.76. The maximum absolute atomic E-state index is 13.0. The molecule has 3 aromatic heterocycles. The maximum atomic E-state index is 13.0. The summed E-state index contributed by atoms with van der Waals surface area (Å²) < 4.78 is 1.70. The number of aromatic nitrogens is 4. The van der Waals surface area contributed by atoms with Crippen molar-refractivity contribution in [3.8, 4) is 0 Å². The standard InChI is InChI=1S/C22H21N5O2/c1-26-20-9-15(10-24-19(20)11-25-26)22(29)27-12-16(21(28)13-27)8-14-6-7-23-18-5-3-2-4-17(14)18/h2-7,9-11,16,21,28H,8,12-13H2,1H3/t16-,21-/m1/s1. The number of β-amino-alcohol motifs (C(OH)–C–C–N with tert-alkyl or cyclic N) is 1. The van der Waals surface area contributed by atoms with Crippen LogP contribution in [0.25, 0.3) is 21.9 Å². The molecule has 2 atom stereocenters. The van der Waals surface area contributed by atoms with E-state index in [1.807, 2.05) is 37.4 Å². The minimum atomic E-state index is -0.556. The molecule has 1 aliphatic heterocycles. The Morgan fingerprint density at radius 2 is 2.00 bits per heavy atom. The van der Waals surface area contributed by atoms with E-state index < -0.39 is 6.10 Å². The normalized spacial score (nSPS) is 19.3. The number of nitrogens with zero attached hydrogens (tertiary/aromatic N) is 5. The summed E-state index contributed by atoms with van der Waals surface area (Å²) in [5.74, 6) is -0.125. The predicted octanol–water partition coefficient (Wildman–Crippen LogP) is 2.19. The second-order valence-corrected chi connectivity index (χ2v) is 7.63. The number of likely N-dealkylation sites (tertiary alicyclic amines) is 1. The van der Waals surface area contributed by atoms with Gasteiger partial charge in [-0.1, -0.05) is 18.2 Å². The molecule has 1 aliphatic rings. The number of pyridine rings is 2. The van der Waals surface area contributed by atoms with Gasteiger partial charge in [-0.05, 0) is 30.2 Å². The Labute approximate surface area is 167 Å². The Bertz CT molecular complexity index is 1210. The zero-order valence-corrected chi connectivity index (χ0v) is 16.1. The van der Waals surface area contributed by atoms with E-state index in [0.29, 0.717) is 25.1 Å². The summed E-state index contributed by atoms with van der Waals surface area (Å²) in [6.45, 7) is 0.843.